The Morgan fingerprint density at radius 3 is 2.11 bits per heavy atom. The summed E-state index contributed by atoms with van der Waals surface area (Å²) in [6, 6.07) is 52.8. The zero-order valence-corrected chi connectivity index (χ0v) is 23.7. The lowest BCUT2D eigenvalue weighted by molar-refractivity contribution is 0.669. The van der Waals surface area contributed by atoms with Crippen LogP contribution in [0.5, 0.6) is 0 Å². The number of benzene rings is 7. The molecule has 0 bridgehead atoms. The van der Waals surface area contributed by atoms with Gasteiger partial charge >= 0.3 is 0 Å². The Kier molecular flexibility index (Phi) is 5.47. The average molecular weight is 564 g/mol. The van der Waals surface area contributed by atoms with Gasteiger partial charge in [-0.1, -0.05) is 103 Å². The predicted molar refractivity (Wildman–Crippen MR) is 180 cm³/mol. The first-order chi connectivity index (χ1) is 21.8. The van der Waals surface area contributed by atoms with Crippen molar-refractivity contribution in [3.05, 3.63) is 152 Å². The molecule has 0 N–H and O–H groups in total. The van der Waals surface area contributed by atoms with Crippen molar-refractivity contribution in [3.8, 4) is 39.1 Å². The monoisotopic (exact) mass is 563 g/mol. The van der Waals surface area contributed by atoms with E-state index in [4.69, 9.17) is 14.6 Å². The average Bonchev–Trinajstić information content (AvgIpc) is 3.70. The minimum absolute atomic E-state index is 0.852. The van der Waals surface area contributed by atoms with Gasteiger partial charge in [0.05, 0.1) is 5.69 Å². The molecule has 7 aromatic carbocycles. The third kappa shape index (κ3) is 4.00. The number of nitrogens with zero attached hydrogens (tertiary/aromatic N) is 3. The van der Waals surface area contributed by atoms with E-state index in [0.29, 0.717) is 0 Å². The Balaban J connectivity index is 1.19. The van der Waals surface area contributed by atoms with E-state index in [0.717, 1.165) is 66.5 Å². The van der Waals surface area contributed by atoms with Crippen molar-refractivity contribution in [2.75, 3.05) is 0 Å². The minimum Gasteiger partial charge on any atom is -0.456 e. The molecule has 0 radical (unpaired) electrons. The highest BCUT2D eigenvalue weighted by Crippen LogP contribution is 2.40. The maximum atomic E-state index is 6.22. The summed E-state index contributed by atoms with van der Waals surface area (Å²) >= 11 is 0. The van der Waals surface area contributed by atoms with E-state index in [1.165, 1.54) is 16.3 Å². The van der Waals surface area contributed by atoms with E-state index in [1.807, 2.05) is 30.3 Å². The Morgan fingerprint density at radius 2 is 1.18 bits per heavy atom. The van der Waals surface area contributed by atoms with Crippen molar-refractivity contribution in [1.29, 1.82) is 0 Å². The minimum atomic E-state index is 0.852. The smallest absolute Gasteiger partial charge is 0.136 e. The van der Waals surface area contributed by atoms with Crippen LogP contribution in [0.4, 0.5) is 0 Å². The normalized spacial score (nSPS) is 11.6. The fourth-order valence-electron chi connectivity index (χ4n) is 6.36. The Bertz CT molecular complexity index is 2510. The number of furan rings is 1. The molecule has 206 valence electrons. The van der Waals surface area contributed by atoms with Gasteiger partial charge in [0.1, 0.15) is 22.2 Å². The molecular formula is C40H25N3O. The molecule has 44 heavy (non-hydrogen) atoms. The summed E-state index contributed by atoms with van der Waals surface area (Å²) in [6.45, 7) is 0. The number of aromatic nitrogens is 3. The summed E-state index contributed by atoms with van der Waals surface area (Å²) in [5.41, 5.74) is 11.3. The third-order valence-electron chi connectivity index (χ3n) is 8.45. The largest absolute Gasteiger partial charge is 0.456 e. The maximum Gasteiger partial charge on any atom is 0.136 e. The molecule has 0 saturated heterocycles. The van der Waals surface area contributed by atoms with Gasteiger partial charge < -0.3 is 4.42 Å². The lowest BCUT2D eigenvalue weighted by Gasteiger charge is -2.12. The number of hydrogen-bond acceptors (Lipinski definition) is 3. The van der Waals surface area contributed by atoms with E-state index < -0.39 is 0 Å². The van der Waals surface area contributed by atoms with Crippen LogP contribution in [0.3, 0.4) is 0 Å². The summed E-state index contributed by atoms with van der Waals surface area (Å²) in [6.07, 6.45) is 0. The van der Waals surface area contributed by atoms with Crippen LogP contribution in [0.15, 0.2) is 156 Å². The molecule has 0 aliphatic heterocycles. The van der Waals surface area contributed by atoms with Crippen LogP contribution in [0.2, 0.25) is 0 Å². The zero-order valence-electron chi connectivity index (χ0n) is 23.7. The molecule has 0 fully saturated rings. The van der Waals surface area contributed by atoms with Crippen molar-refractivity contribution < 1.29 is 4.42 Å². The van der Waals surface area contributed by atoms with Crippen molar-refractivity contribution in [2.45, 2.75) is 0 Å². The van der Waals surface area contributed by atoms with Gasteiger partial charge in [-0.2, -0.15) is 4.80 Å². The van der Waals surface area contributed by atoms with Gasteiger partial charge in [-0.15, -0.1) is 10.2 Å². The summed E-state index contributed by atoms with van der Waals surface area (Å²) in [7, 11) is 0. The first-order valence-electron chi connectivity index (χ1n) is 14.8. The molecule has 0 saturated carbocycles. The van der Waals surface area contributed by atoms with Gasteiger partial charge in [0, 0.05) is 10.8 Å². The van der Waals surface area contributed by atoms with Crippen LogP contribution >= 0.6 is 0 Å². The second kappa shape index (κ2) is 9.79. The molecule has 0 amide bonds. The first kappa shape index (κ1) is 24.6. The van der Waals surface area contributed by atoms with Crippen LogP contribution in [0.1, 0.15) is 0 Å². The number of para-hydroxylation sites is 1. The summed E-state index contributed by atoms with van der Waals surface area (Å²) < 4.78 is 6.22. The molecule has 2 aromatic heterocycles. The van der Waals surface area contributed by atoms with Crippen molar-refractivity contribution in [3.63, 3.8) is 0 Å². The fraction of sp³-hybridized carbons (Fsp3) is 0. The maximum absolute atomic E-state index is 6.22. The lowest BCUT2D eigenvalue weighted by Crippen LogP contribution is -1.98. The van der Waals surface area contributed by atoms with Crippen LogP contribution < -0.4 is 0 Å². The van der Waals surface area contributed by atoms with Crippen molar-refractivity contribution in [1.82, 2.24) is 15.0 Å². The van der Waals surface area contributed by atoms with Crippen molar-refractivity contribution >= 4 is 43.7 Å². The molecular weight excluding hydrogens is 538 g/mol. The highest BCUT2D eigenvalue weighted by atomic mass is 16.3. The molecule has 2 heterocycles. The van der Waals surface area contributed by atoms with Gasteiger partial charge in [0.25, 0.3) is 0 Å². The van der Waals surface area contributed by atoms with Gasteiger partial charge in [0.15, 0.2) is 0 Å². The summed E-state index contributed by atoms with van der Waals surface area (Å²) in [5, 5.41) is 14.4. The van der Waals surface area contributed by atoms with Crippen LogP contribution in [0.25, 0.3) is 82.8 Å². The van der Waals surface area contributed by atoms with Crippen molar-refractivity contribution in [2.24, 2.45) is 0 Å². The van der Waals surface area contributed by atoms with Gasteiger partial charge in [-0.3, -0.25) is 0 Å². The molecule has 9 rings (SSSR count). The zero-order chi connectivity index (χ0) is 29.0. The fourth-order valence-corrected chi connectivity index (χ4v) is 6.36. The number of rotatable bonds is 4. The second-order valence-electron chi connectivity index (χ2n) is 11.1. The molecule has 0 unspecified atom stereocenters. The Morgan fingerprint density at radius 1 is 0.432 bits per heavy atom. The standard InChI is InChI=1S/C40H25N3O/c1-2-10-26(11-3-1)27-13-8-14-31(23-27)43-41-36-21-20-29(25-37(36)42-43)35-24-30(22-28-12-4-5-15-32(28)35)33-17-9-19-39-40(33)34-16-6-7-18-38(34)44-39/h1-25H. The van der Waals surface area contributed by atoms with E-state index in [-0.39, 0.29) is 0 Å². The number of hydrogen-bond donors (Lipinski definition) is 0. The molecule has 0 aliphatic carbocycles. The van der Waals surface area contributed by atoms with Gasteiger partial charge in [-0.25, -0.2) is 0 Å². The predicted octanol–water partition coefficient (Wildman–Crippen LogP) is 10.5. The van der Waals surface area contributed by atoms with Gasteiger partial charge in [-0.05, 0) is 92.7 Å². The van der Waals surface area contributed by atoms with E-state index in [2.05, 4.69) is 121 Å². The molecule has 0 spiro atoms. The lowest BCUT2D eigenvalue weighted by atomic mass is 9.91. The quantitative estimate of drug-likeness (QED) is 0.214. The Hall–Kier alpha value is -6.00. The van der Waals surface area contributed by atoms with Crippen LogP contribution in [0, 0.1) is 0 Å². The first-order valence-corrected chi connectivity index (χ1v) is 14.8. The second-order valence-corrected chi connectivity index (χ2v) is 11.1. The van der Waals surface area contributed by atoms with Gasteiger partial charge in [0.2, 0.25) is 0 Å². The highest BCUT2D eigenvalue weighted by Gasteiger charge is 2.15. The Labute approximate surface area is 253 Å². The SMILES string of the molecule is c1ccc(-c2cccc(-n3nc4ccc(-c5cc(-c6cccc7oc8ccccc8c67)cc6ccccc56)cc4n3)c2)cc1. The topological polar surface area (TPSA) is 43.9 Å². The highest BCUT2D eigenvalue weighted by molar-refractivity contribution is 6.13. The van der Waals surface area contributed by atoms with E-state index in [1.54, 1.807) is 4.80 Å². The summed E-state index contributed by atoms with van der Waals surface area (Å²) in [5.74, 6) is 0. The molecule has 0 atom stereocenters. The van der Waals surface area contributed by atoms with E-state index >= 15 is 0 Å². The molecule has 4 nitrogen and oxygen atoms in total. The molecule has 4 heteroatoms. The van der Waals surface area contributed by atoms with Crippen LogP contribution in [-0.2, 0) is 0 Å². The third-order valence-corrected chi connectivity index (χ3v) is 8.45. The van der Waals surface area contributed by atoms with Crippen LogP contribution in [-0.4, -0.2) is 15.0 Å². The summed E-state index contributed by atoms with van der Waals surface area (Å²) in [4.78, 5) is 1.74. The van der Waals surface area contributed by atoms with E-state index in [9.17, 15) is 0 Å². The number of fused-ring (bicyclic) bond motifs is 5. The molecule has 0 aliphatic rings. The molecule has 9 aromatic rings.